The van der Waals surface area contributed by atoms with E-state index in [9.17, 15) is 26.4 Å². The molecule has 1 N–H and O–H groups in total. The van der Waals surface area contributed by atoms with E-state index in [4.69, 9.17) is 15.4 Å². The van der Waals surface area contributed by atoms with Gasteiger partial charge in [-0.1, -0.05) is 0 Å². The van der Waals surface area contributed by atoms with Crippen molar-refractivity contribution >= 4 is 25.6 Å². The molecule has 0 aromatic heterocycles. The molecule has 1 amide bonds. The number of ether oxygens (including phenoxy) is 1. The summed E-state index contributed by atoms with van der Waals surface area (Å²) in [5, 5.41) is 2.03. The molecule has 1 aromatic rings. The summed E-state index contributed by atoms with van der Waals surface area (Å²) >= 11 is 0. The van der Waals surface area contributed by atoms with Crippen LogP contribution in [-0.2, 0) is 9.05 Å². The van der Waals surface area contributed by atoms with Gasteiger partial charge >= 0.3 is 6.18 Å². The number of methoxy groups -OCH3 is 1. The molecule has 5 nitrogen and oxygen atoms in total. The van der Waals surface area contributed by atoms with Gasteiger partial charge in [-0.15, -0.1) is 0 Å². The first-order valence-electron chi connectivity index (χ1n) is 5.52. The van der Waals surface area contributed by atoms with Crippen LogP contribution in [0.4, 0.5) is 13.2 Å². The minimum absolute atomic E-state index is 0.0172. The van der Waals surface area contributed by atoms with Crippen molar-refractivity contribution in [2.75, 3.05) is 13.7 Å². The van der Waals surface area contributed by atoms with E-state index in [0.29, 0.717) is 0 Å². The Morgan fingerprint density at radius 3 is 2.48 bits per heavy atom. The first-order chi connectivity index (χ1) is 9.54. The Kier molecular flexibility index (Phi) is 5.46. The molecule has 21 heavy (non-hydrogen) atoms. The van der Waals surface area contributed by atoms with E-state index in [0.717, 1.165) is 12.1 Å². The Morgan fingerprint density at radius 1 is 1.38 bits per heavy atom. The molecule has 1 aromatic carbocycles. The Balaban J connectivity index is 2.96. The van der Waals surface area contributed by atoms with E-state index in [1.165, 1.54) is 13.2 Å². The molecule has 10 heteroatoms. The third-order valence-corrected chi connectivity index (χ3v) is 3.74. The summed E-state index contributed by atoms with van der Waals surface area (Å²) in [4.78, 5) is 11.4. The Morgan fingerprint density at radius 2 is 2.00 bits per heavy atom. The van der Waals surface area contributed by atoms with Crippen LogP contribution < -0.4 is 10.1 Å². The van der Waals surface area contributed by atoms with Gasteiger partial charge < -0.3 is 10.1 Å². The van der Waals surface area contributed by atoms with Crippen molar-refractivity contribution in [3.05, 3.63) is 23.8 Å². The summed E-state index contributed by atoms with van der Waals surface area (Å²) < 4.78 is 63.3. The number of rotatable bonds is 5. The van der Waals surface area contributed by atoms with Crippen molar-refractivity contribution in [2.24, 2.45) is 0 Å². The van der Waals surface area contributed by atoms with Gasteiger partial charge in [0.2, 0.25) is 0 Å². The van der Waals surface area contributed by atoms with Crippen LogP contribution in [0, 0.1) is 0 Å². The predicted molar refractivity (Wildman–Crippen MR) is 69.0 cm³/mol. The normalized spacial score (nSPS) is 12.0. The molecule has 1 rings (SSSR count). The maximum atomic E-state index is 12.0. The molecule has 0 aliphatic carbocycles. The second-order valence-electron chi connectivity index (χ2n) is 3.92. The number of amides is 1. The molecule has 0 aliphatic heterocycles. The summed E-state index contributed by atoms with van der Waals surface area (Å²) in [7, 11) is 2.31. The fourth-order valence-electron chi connectivity index (χ4n) is 1.43. The number of halogens is 4. The Bertz CT molecular complexity index is 631. The highest BCUT2D eigenvalue weighted by Gasteiger charge is 2.27. The average Bonchev–Trinajstić information content (AvgIpc) is 2.35. The van der Waals surface area contributed by atoms with E-state index >= 15 is 0 Å². The minimum Gasteiger partial charge on any atom is -0.496 e. The highest BCUT2D eigenvalue weighted by Crippen LogP contribution is 2.24. The molecule has 0 fully saturated rings. The maximum absolute atomic E-state index is 12.0. The zero-order valence-electron chi connectivity index (χ0n) is 10.7. The zero-order valence-corrected chi connectivity index (χ0v) is 12.3. The van der Waals surface area contributed by atoms with Gasteiger partial charge in [0.25, 0.3) is 15.0 Å². The second-order valence-corrected chi connectivity index (χ2v) is 6.49. The molecule has 0 saturated heterocycles. The molecule has 0 atom stereocenters. The van der Waals surface area contributed by atoms with Gasteiger partial charge in [-0.05, 0) is 18.2 Å². The number of carbonyl (C=O) groups excluding carboxylic acids is 1. The molecular weight excluding hydrogens is 335 g/mol. The van der Waals surface area contributed by atoms with Crippen molar-refractivity contribution in [1.82, 2.24) is 5.32 Å². The fourth-order valence-corrected chi connectivity index (χ4v) is 2.21. The number of benzene rings is 1. The van der Waals surface area contributed by atoms with Gasteiger partial charge in [-0.2, -0.15) is 13.2 Å². The van der Waals surface area contributed by atoms with E-state index in [1.807, 2.05) is 5.32 Å². The van der Waals surface area contributed by atoms with Crippen molar-refractivity contribution in [3.63, 3.8) is 0 Å². The highest BCUT2D eigenvalue weighted by molar-refractivity contribution is 8.13. The van der Waals surface area contributed by atoms with Gasteiger partial charge in [0.05, 0.1) is 24.0 Å². The van der Waals surface area contributed by atoms with Gasteiger partial charge in [-0.25, -0.2) is 8.42 Å². The molecule has 0 saturated carbocycles. The number of nitrogens with one attached hydrogen (secondary N) is 1. The molecule has 118 valence electrons. The second kappa shape index (κ2) is 6.52. The summed E-state index contributed by atoms with van der Waals surface area (Å²) in [5.41, 5.74) is -0.221. The van der Waals surface area contributed by atoms with E-state index in [2.05, 4.69) is 0 Å². The lowest BCUT2D eigenvalue weighted by Gasteiger charge is -2.11. The standard InChI is InChI=1S/C11H11ClF3NO4S/c1-20-9-3-2-7(21(12,18)19)6-8(9)10(17)16-5-4-11(13,14)15/h2-3,6H,4-5H2,1H3,(H,16,17). The van der Waals surface area contributed by atoms with Gasteiger partial charge in [0.1, 0.15) is 5.75 Å². The number of carbonyl (C=O) groups is 1. The van der Waals surface area contributed by atoms with E-state index in [-0.39, 0.29) is 16.2 Å². The molecule has 0 bridgehead atoms. The summed E-state index contributed by atoms with van der Waals surface area (Å²) in [6.07, 6.45) is -5.60. The third-order valence-electron chi connectivity index (χ3n) is 2.39. The van der Waals surface area contributed by atoms with Gasteiger partial charge in [0.15, 0.2) is 0 Å². The SMILES string of the molecule is COc1ccc(S(=O)(=O)Cl)cc1C(=O)NCCC(F)(F)F. The third kappa shape index (κ3) is 5.43. The average molecular weight is 346 g/mol. The zero-order chi connectivity index (χ0) is 16.3. The van der Waals surface area contributed by atoms with E-state index in [1.54, 1.807) is 0 Å². The van der Waals surface area contributed by atoms with Crippen LogP contribution in [-0.4, -0.2) is 34.2 Å². The topological polar surface area (TPSA) is 72.5 Å². The molecule has 0 radical (unpaired) electrons. The summed E-state index contributed by atoms with van der Waals surface area (Å²) in [6, 6.07) is 3.24. The summed E-state index contributed by atoms with van der Waals surface area (Å²) in [5.74, 6) is -0.873. The minimum atomic E-state index is -4.40. The van der Waals surface area contributed by atoms with Crippen LogP contribution in [0.3, 0.4) is 0 Å². The van der Waals surface area contributed by atoms with Crippen molar-refractivity contribution < 1.29 is 31.1 Å². The fraction of sp³-hybridized carbons (Fsp3) is 0.364. The van der Waals surface area contributed by atoms with Crippen molar-refractivity contribution in [3.8, 4) is 5.75 Å². The lowest BCUT2D eigenvalue weighted by Crippen LogP contribution is -2.28. The van der Waals surface area contributed by atoms with Crippen LogP contribution in [0.1, 0.15) is 16.8 Å². The molecule has 0 heterocycles. The molecule has 0 unspecified atom stereocenters. The van der Waals surface area contributed by atoms with Gasteiger partial charge in [-0.3, -0.25) is 4.79 Å². The first-order valence-corrected chi connectivity index (χ1v) is 7.83. The Labute approximate surface area is 123 Å². The van der Waals surface area contributed by atoms with Crippen LogP contribution in [0.15, 0.2) is 23.1 Å². The molecular formula is C11H11ClF3NO4S. The quantitative estimate of drug-likeness (QED) is 0.831. The smallest absolute Gasteiger partial charge is 0.390 e. The van der Waals surface area contributed by atoms with Crippen molar-refractivity contribution in [2.45, 2.75) is 17.5 Å². The van der Waals surface area contributed by atoms with E-state index < -0.39 is 34.1 Å². The summed E-state index contributed by atoms with van der Waals surface area (Å²) in [6.45, 7) is -0.636. The number of alkyl halides is 3. The maximum Gasteiger partial charge on any atom is 0.390 e. The van der Waals surface area contributed by atoms with Crippen LogP contribution in [0.25, 0.3) is 0 Å². The van der Waals surface area contributed by atoms with Crippen LogP contribution >= 0.6 is 10.7 Å². The lowest BCUT2D eigenvalue weighted by atomic mass is 10.2. The Hall–Kier alpha value is -1.48. The van der Waals surface area contributed by atoms with Gasteiger partial charge in [0, 0.05) is 17.2 Å². The number of hydrogen-bond acceptors (Lipinski definition) is 4. The first kappa shape index (κ1) is 17.6. The van der Waals surface area contributed by atoms with Crippen LogP contribution in [0.2, 0.25) is 0 Å². The highest BCUT2D eigenvalue weighted by atomic mass is 35.7. The van der Waals surface area contributed by atoms with Crippen LogP contribution in [0.5, 0.6) is 5.75 Å². The van der Waals surface area contributed by atoms with Crippen molar-refractivity contribution in [1.29, 1.82) is 0 Å². The largest absolute Gasteiger partial charge is 0.496 e. The molecule has 0 spiro atoms. The molecule has 0 aliphatic rings. The monoisotopic (exact) mass is 345 g/mol. The predicted octanol–water partition coefficient (Wildman–Crippen LogP) is 2.30. The number of hydrogen-bond donors (Lipinski definition) is 1. The lowest BCUT2D eigenvalue weighted by molar-refractivity contribution is -0.132.